The van der Waals surface area contributed by atoms with Gasteiger partial charge in [-0.15, -0.1) is 10.2 Å². The van der Waals surface area contributed by atoms with Crippen LogP contribution in [0, 0.1) is 6.92 Å². The molecule has 2 heterocycles. The summed E-state index contributed by atoms with van der Waals surface area (Å²) < 4.78 is 38.1. The second kappa shape index (κ2) is 9.13. The summed E-state index contributed by atoms with van der Waals surface area (Å²) in [5.74, 6) is 2.16. The van der Waals surface area contributed by atoms with E-state index in [2.05, 4.69) is 10.2 Å². The van der Waals surface area contributed by atoms with Gasteiger partial charge < -0.3 is 14.4 Å². The van der Waals surface area contributed by atoms with Crippen LogP contribution >= 0.6 is 0 Å². The zero-order valence-corrected chi connectivity index (χ0v) is 19.2. The first-order chi connectivity index (χ1) is 15.4. The maximum Gasteiger partial charge on any atom is 0.243 e. The van der Waals surface area contributed by atoms with E-state index in [1.807, 2.05) is 48.2 Å². The second-order valence-corrected chi connectivity index (χ2v) is 9.47. The summed E-state index contributed by atoms with van der Waals surface area (Å²) in [7, 11) is -0.361. The predicted molar refractivity (Wildman–Crippen MR) is 123 cm³/mol. The Morgan fingerprint density at radius 1 is 0.875 bits per heavy atom. The molecule has 0 unspecified atom stereocenters. The fourth-order valence-electron chi connectivity index (χ4n) is 3.75. The van der Waals surface area contributed by atoms with Crippen LogP contribution in [0.25, 0.3) is 11.3 Å². The molecule has 1 aliphatic heterocycles. The normalized spacial score (nSPS) is 14.9. The molecule has 0 amide bonds. The predicted octanol–water partition coefficient (Wildman–Crippen LogP) is 2.98. The molecule has 1 aromatic heterocycles. The van der Waals surface area contributed by atoms with Crippen molar-refractivity contribution in [2.45, 2.75) is 11.8 Å². The third-order valence-electron chi connectivity index (χ3n) is 5.58. The highest BCUT2D eigenvalue weighted by molar-refractivity contribution is 7.89. The van der Waals surface area contributed by atoms with E-state index < -0.39 is 10.0 Å². The lowest BCUT2D eigenvalue weighted by Crippen LogP contribution is -2.49. The van der Waals surface area contributed by atoms with Crippen molar-refractivity contribution in [3.63, 3.8) is 0 Å². The minimum atomic E-state index is -3.56. The summed E-state index contributed by atoms with van der Waals surface area (Å²) in [5, 5.41) is 8.71. The highest BCUT2D eigenvalue weighted by Crippen LogP contribution is 2.26. The maximum atomic E-state index is 13.1. The molecule has 0 aliphatic carbocycles. The first kappa shape index (κ1) is 22.0. The van der Waals surface area contributed by atoms with E-state index >= 15 is 0 Å². The molecule has 0 bridgehead atoms. The average molecular weight is 455 g/mol. The zero-order chi connectivity index (χ0) is 22.7. The summed E-state index contributed by atoms with van der Waals surface area (Å²) in [5.41, 5.74) is 2.47. The lowest BCUT2D eigenvalue weighted by Gasteiger charge is -2.34. The molecule has 168 valence electrons. The Labute approximate surface area is 188 Å². The maximum absolute atomic E-state index is 13.1. The number of aromatic nitrogens is 2. The number of ether oxygens (including phenoxy) is 2. The number of piperazine rings is 1. The van der Waals surface area contributed by atoms with E-state index in [1.165, 1.54) is 4.31 Å². The molecule has 0 atom stereocenters. The van der Waals surface area contributed by atoms with Gasteiger partial charge in [-0.25, -0.2) is 8.42 Å². The number of rotatable bonds is 6. The summed E-state index contributed by atoms with van der Waals surface area (Å²) >= 11 is 0. The molecule has 9 heteroatoms. The summed E-state index contributed by atoms with van der Waals surface area (Å²) in [6, 6.07) is 16.4. The van der Waals surface area contributed by atoms with E-state index in [-0.39, 0.29) is 4.90 Å². The molecule has 1 aliphatic rings. The smallest absolute Gasteiger partial charge is 0.243 e. The van der Waals surface area contributed by atoms with Gasteiger partial charge in [-0.2, -0.15) is 4.31 Å². The van der Waals surface area contributed by atoms with E-state index in [0.717, 1.165) is 28.4 Å². The van der Waals surface area contributed by atoms with E-state index in [9.17, 15) is 8.42 Å². The number of hydrogen-bond donors (Lipinski definition) is 0. The van der Waals surface area contributed by atoms with Crippen LogP contribution in [0.15, 0.2) is 59.5 Å². The fourth-order valence-corrected chi connectivity index (χ4v) is 5.26. The summed E-state index contributed by atoms with van der Waals surface area (Å²) in [6.45, 7) is 3.69. The molecule has 3 aromatic rings. The molecule has 1 fully saturated rings. The topological polar surface area (TPSA) is 84.9 Å². The number of anilines is 1. The van der Waals surface area contributed by atoms with Crippen LogP contribution in [-0.4, -0.2) is 63.3 Å². The quantitative estimate of drug-likeness (QED) is 0.566. The van der Waals surface area contributed by atoms with Gasteiger partial charge >= 0.3 is 0 Å². The minimum absolute atomic E-state index is 0.284. The van der Waals surface area contributed by atoms with E-state index in [1.54, 1.807) is 32.4 Å². The van der Waals surface area contributed by atoms with Gasteiger partial charge in [0.2, 0.25) is 10.0 Å². The number of nitrogens with zero attached hydrogens (tertiary/aromatic N) is 4. The first-order valence-corrected chi connectivity index (χ1v) is 11.7. The lowest BCUT2D eigenvalue weighted by atomic mass is 10.1. The largest absolute Gasteiger partial charge is 0.497 e. The fraction of sp³-hybridized carbons (Fsp3) is 0.304. The van der Waals surface area contributed by atoms with Crippen molar-refractivity contribution in [2.24, 2.45) is 0 Å². The number of aryl methyl sites for hydroxylation is 1. The van der Waals surface area contributed by atoms with E-state index in [0.29, 0.717) is 31.9 Å². The molecular weight excluding hydrogens is 428 g/mol. The van der Waals surface area contributed by atoms with Gasteiger partial charge in [-0.1, -0.05) is 12.1 Å². The SMILES string of the molecule is COc1cccc(-c2ccc(N3CCN(S(=O)(=O)c4ccc(OC)c(C)c4)CC3)nn2)c1. The van der Waals surface area contributed by atoms with Gasteiger partial charge in [-0.05, 0) is 55.0 Å². The molecule has 4 rings (SSSR count). The van der Waals surface area contributed by atoms with Crippen LogP contribution in [0.5, 0.6) is 11.5 Å². The Kier molecular flexibility index (Phi) is 6.29. The van der Waals surface area contributed by atoms with Gasteiger partial charge in [-0.3, -0.25) is 0 Å². The Bertz CT molecular complexity index is 1190. The number of hydrogen-bond acceptors (Lipinski definition) is 7. The van der Waals surface area contributed by atoms with Crippen molar-refractivity contribution in [3.8, 4) is 22.8 Å². The van der Waals surface area contributed by atoms with Crippen molar-refractivity contribution >= 4 is 15.8 Å². The van der Waals surface area contributed by atoms with Crippen LogP contribution in [0.3, 0.4) is 0 Å². The Morgan fingerprint density at radius 3 is 2.28 bits per heavy atom. The number of benzene rings is 2. The van der Waals surface area contributed by atoms with Gasteiger partial charge in [0.1, 0.15) is 11.5 Å². The average Bonchev–Trinajstić information content (AvgIpc) is 2.84. The highest BCUT2D eigenvalue weighted by atomic mass is 32.2. The monoisotopic (exact) mass is 454 g/mol. The standard InChI is InChI=1S/C23H26N4O4S/c1-17-15-20(7-9-22(17)31-3)32(28,29)27-13-11-26(12-14-27)23-10-8-21(24-25-23)18-5-4-6-19(16-18)30-2/h4-10,15-16H,11-14H2,1-3H3. The van der Waals surface area contributed by atoms with Crippen LogP contribution in [-0.2, 0) is 10.0 Å². The molecule has 1 saturated heterocycles. The molecule has 0 saturated carbocycles. The van der Waals surface area contributed by atoms with Crippen molar-refractivity contribution in [1.82, 2.24) is 14.5 Å². The third-order valence-corrected chi connectivity index (χ3v) is 7.48. The lowest BCUT2D eigenvalue weighted by molar-refractivity contribution is 0.383. The second-order valence-electron chi connectivity index (χ2n) is 7.53. The van der Waals surface area contributed by atoms with Crippen LogP contribution in [0.2, 0.25) is 0 Å². The minimum Gasteiger partial charge on any atom is -0.497 e. The molecule has 8 nitrogen and oxygen atoms in total. The van der Waals surface area contributed by atoms with Crippen molar-refractivity contribution in [1.29, 1.82) is 0 Å². The molecule has 0 spiro atoms. The van der Waals surface area contributed by atoms with Gasteiger partial charge in [0.15, 0.2) is 5.82 Å². The number of methoxy groups -OCH3 is 2. The van der Waals surface area contributed by atoms with Crippen molar-refractivity contribution in [3.05, 3.63) is 60.2 Å². The highest BCUT2D eigenvalue weighted by Gasteiger charge is 2.29. The molecular formula is C23H26N4O4S. The van der Waals surface area contributed by atoms with Crippen molar-refractivity contribution in [2.75, 3.05) is 45.3 Å². The van der Waals surface area contributed by atoms with Crippen LogP contribution in [0.1, 0.15) is 5.56 Å². The summed E-state index contributed by atoms with van der Waals surface area (Å²) in [6.07, 6.45) is 0. The molecule has 2 aromatic carbocycles. The van der Waals surface area contributed by atoms with Crippen LogP contribution in [0.4, 0.5) is 5.82 Å². The molecule has 0 N–H and O–H groups in total. The Morgan fingerprint density at radius 2 is 1.66 bits per heavy atom. The molecule has 32 heavy (non-hydrogen) atoms. The summed E-state index contributed by atoms with van der Waals surface area (Å²) in [4.78, 5) is 2.33. The number of sulfonamides is 1. The van der Waals surface area contributed by atoms with Gasteiger partial charge in [0, 0.05) is 31.7 Å². The van der Waals surface area contributed by atoms with Gasteiger partial charge in [0.05, 0.1) is 24.8 Å². The third kappa shape index (κ3) is 4.39. The van der Waals surface area contributed by atoms with Crippen LogP contribution < -0.4 is 14.4 Å². The molecule has 0 radical (unpaired) electrons. The Balaban J connectivity index is 1.43. The first-order valence-electron chi connectivity index (χ1n) is 10.3. The van der Waals surface area contributed by atoms with E-state index in [4.69, 9.17) is 9.47 Å². The zero-order valence-electron chi connectivity index (χ0n) is 18.4. The van der Waals surface area contributed by atoms with Crippen molar-refractivity contribution < 1.29 is 17.9 Å². The van der Waals surface area contributed by atoms with Gasteiger partial charge in [0.25, 0.3) is 0 Å². The Hall–Kier alpha value is -3.17.